The van der Waals surface area contributed by atoms with Crippen molar-refractivity contribution in [3.63, 3.8) is 0 Å². The Balaban J connectivity index is 3.13. The molecule has 0 spiro atoms. The molecule has 0 unspecified atom stereocenters. The van der Waals surface area contributed by atoms with E-state index in [1.807, 2.05) is 18.2 Å². The Morgan fingerprint density at radius 3 is 2.64 bits per heavy atom. The predicted octanol–water partition coefficient (Wildman–Crippen LogP) is 2.82. The van der Waals surface area contributed by atoms with Gasteiger partial charge in [0.05, 0.1) is 0 Å². The van der Waals surface area contributed by atoms with E-state index < -0.39 is 0 Å². The van der Waals surface area contributed by atoms with Crippen LogP contribution in [0.4, 0.5) is 0 Å². The first-order valence-electron chi connectivity index (χ1n) is 3.17. The summed E-state index contributed by atoms with van der Waals surface area (Å²) in [5, 5.41) is 0. The first kappa shape index (κ1) is 8.21. The summed E-state index contributed by atoms with van der Waals surface area (Å²) in [7, 11) is 0. The molecule has 0 aliphatic rings. The normalized spacial score (nSPS) is 9.18. The number of allylic oxidation sites excluding steroid dienone is 1. The van der Waals surface area contributed by atoms with Crippen molar-refractivity contribution in [1.82, 2.24) is 0 Å². The smallest absolute Gasteiger partial charge is 0.186 e. The zero-order valence-corrected chi connectivity index (χ0v) is 7.47. The number of hydrogen-bond acceptors (Lipinski definition) is 1. The van der Waals surface area contributed by atoms with Crippen molar-refractivity contribution >= 4 is 21.7 Å². The first-order valence-corrected chi connectivity index (χ1v) is 3.96. The van der Waals surface area contributed by atoms with Crippen LogP contribution in [0.15, 0.2) is 41.4 Å². The van der Waals surface area contributed by atoms with Crippen LogP contribution in [0.25, 0.3) is 0 Å². The Morgan fingerprint density at radius 1 is 1.45 bits per heavy atom. The van der Waals surface area contributed by atoms with E-state index in [9.17, 15) is 4.79 Å². The molecule has 0 aromatic heterocycles. The van der Waals surface area contributed by atoms with Crippen molar-refractivity contribution in [3.05, 3.63) is 47.0 Å². The minimum atomic E-state index is -0.0579. The second-order valence-corrected chi connectivity index (χ2v) is 2.90. The van der Waals surface area contributed by atoms with Crippen LogP contribution in [0, 0.1) is 0 Å². The fourth-order valence-electron chi connectivity index (χ4n) is 0.771. The highest BCUT2D eigenvalue weighted by Gasteiger charge is 2.03. The average Bonchev–Trinajstić information content (AvgIpc) is 2.04. The molecule has 2 heteroatoms. The number of hydrogen-bond donors (Lipinski definition) is 0. The highest BCUT2D eigenvalue weighted by Crippen LogP contribution is 2.16. The molecule has 0 heterocycles. The van der Waals surface area contributed by atoms with Crippen molar-refractivity contribution < 1.29 is 4.79 Å². The standard InChI is InChI=1S/C9H7BrO/c1-2-9(11)7-5-3-4-6-8(7)10/h2-6H,1H2. The van der Waals surface area contributed by atoms with Crippen LogP contribution in [-0.4, -0.2) is 5.78 Å². The number of carbonyl (C=O) groups excluding carboxylic acids is 1. The lowest BCUT2D eigenvalue weighted by atomic mass is 10.1. The van der Waals surface area contributed by atoms with Gasteiger partial charge >= 0.3 is 0 Å². The van der Waals surface area contributed by atoms with Crippen LogP contribution < -0.4 is 0 Å². The van der Waals surface area contributed by atoms with Gasteiger partial charge in [-0.15, -0.1) is 0 Å². The largest absolute Gasteiger partial charge is 0.289 e. The Bertz CT molecular complexity index is 291. The summed E-state index contributed by atoms with van der Waals surface area (Å²) in [6, 6.07) is 7.27. The third kappa shape index (κ3) is 1.77. The highest BCUT2D eigenvalue weighted by atomic mass is 79.9. The van der Waals surface area contributed by atoms with Gasteiger partial charge in [-0.3, -0.25) is 4.79 Å². The Kier molecular flexibility index (Phi) is 2.60. The lowest BCUT2D eigenvalue weighted by Crippen LogP contribution is -1.93. The molecule has 0 aliphatic carbocycles. The Labute approximate surface area is 73.9 Å². The van der Waals surface area contributed by atoms with E-state index in [-0.39, 0.29) is 5.78 Å². The maximum atomic E-state index is 11.1. The quantitative estimate of drug-likeness (QED) is 0.543. The van der Waals surface area contributed by atoms with Crippen LogP contribution in [0.2, 0.25) is 0 Å². The van der Waals surface area contributed by atoms with Gasteiger partial charge in [0.2, 0.25) is 0 Å². The zero-order chi connectivity index (χ0) is 8.27. The topological polar surface area (TPSA) is 17.1 Å². The third-order valence-corrected chi connectivity index (χ3v) is 2.02. The Morgan fingerprint density at radius 2 is 2.09 bits per heavy atom. The van der Waals surface area contributed by atoms with Gasteiger partial charge in [-0.25, -0.2) is 0 Å². The summed E-state index contributed by atoms with van der Waals surface area (Å²) in [4.78, 5) is 11.1. The average molecular weight is 211 g/mol. The van der Waals surface area contributed by atoms with Crippen molar-refractivity contribution in [2.45, 2.75) is 0 Å². The number of rotatable bonds is 2. The van der Waals surface area contributed by atoms with E-state index >= 15 is 0 Å². The van der Waals surface area contributed by atoms with Crippen molar-refractivity contribution in [2.75, 3.05) is 0 Å². The molecule has 1 rings (SSSR count). The highest BCUT2D eigenvalue weighted by molar-refractivity contribution is 9.10. The second-order valence-electron chi connectivity index (χ2n) is 2.05. The van der Waals surface area contributed by atoms with Gasteiger partial charge in [-0.2, -0.15) is 0 Å². The van der Waals surface area contributed by atoms with Gasteiger partial charge in [-0.1, -0.05) is 34.6 Å². The molecule has 0 atom stereocenters. The monoisotopic (exact) mass is 210 g/mol. The second kappa shape index (κ2) is 3.49. The van der Waals surface area contributed by atoms with E-state index in [0.29, 0.717) is 5.56 Å². The molecule has 11 heavy (non-hydrogen) atoms. The van der Waals surface area contributed by atoms with Crippen molar-refractivity contribution in [1.29, 1.82) is 0 Å². The molecule has 1 aromatic carbocycles. The van der Waals surface area contributed by atoms with E-state index in [2.05, 4.69) is 22.5 Å². The van der Waals surface area contributed by atoms with E-state index in [1.54, 1.807) is 6.07 Å². The fourth-order valence-corrected chi connectivity index (χ4v) is 1.25. The molecular formula is C9H7BrO. The Hall–Kier alpha value is -0.890. The number of benzene rings is 1. The molecule has 0 N–H and O–H groups in total. The summed E-state index contributed by atoms with van der Waals surface area (Å²) >= 11 is 3.27. The maximum Gasteiger partial charge on any atom is 0.186 e. The SMILES string of the molecule is C=CC(=O)c1ccccc1Br. The first-order chi connectivity index (χ1) is 5.25. The molecule has 0 fully saturated rings. The molecule has 0 radical (unpaired) electrons. The fraction of sp³-hybridized carbons (Fsp3) is 0. The van der Waals surface area contributed by atoms with Crippen LogP contribution >= 0.6 is 15.9 Å². The van der Waals surface area contributed by atoms with Gasteiger partial charge in [0, 0.05) is 10.0 Å². The molecule has 0 aliphatic heterocycles. The molecule has 0 saturated carbocycles. The predicted molar refractivity (Wildman–Crippen MR) is 48.7 cm³/mol. The van der Waals surface area contributed by atoms with Crippen LogP contribution in [0.3, 0.4) is 0 Å². The molecule has 56 valence electrons. The van der Waals surface area contributed by atoms with Gasteiger partial charge in [0.15, 0.2) is 5.78 Å². The van der Waals surface area contributed by atoms with Gasteiger partial charge in [0.1, 0.15) is 0 Å². The minimum Gasteiger partial charge on any atom is -0.289 e. The van der Waals surface area contributed by atoms with Crippen LogP contribution in [0.1, 0.15) is 10.4 Å². The van der Waals surface area contributed by atoms with Crippen molar-refractivity contribution in [3.8, 4) is 0 Å². The van der Waals surface area contributed by atoms with Crippen molar-refractivity contribution in [2.24, 2.45) is 0 Å². The maximum absolute atomic E-state index is 11.1. The van der Waals surface area contributed by atoms with Crippen LogP contribution in [0.5, 0.6) is 0 Å². The molecule has 1 nitrogen and oxygen atoms in total. The number of ketones is 1. The number of halogens is 1. The summed E-state index contributed by atoms with van der Waals surface area (Å²) in [5.74, 6) is -0.0579. The van der Waals surface area contributed by atoms with Gasteiger partial charge < -0.3 is 0 Å². The van der Waals surface area contributed by atoms with E-state index in [4.69, 9.17) is 0 Å². The molecule has 0 amide bonds. The molecule has 1 aromatic rings. The summed E-state index contributed by atoms with van der Waals surface area (Å²) in [6.07, 6.45) is 1.31. The van der Waals surface area contributed by atoms with Gasteiger partial charge in [0.25, 0.3) is 0 Å². The van der Waals surface area contributed by atoms with Gasteiger partial charge in [-0.05, 0) is 18.2 Å². The molecule has 0 saturated heterocycles. The zero-order valence-electron chi connectivity index (χ0n) is 5.88. The summed E-state index contributed by atoms with van der Waals surface area (Å²) in [5.41, 5.74) is 0.655. The molecular weight excluding hydrogens is 204 g/mol. The third-order valence-electron chi connectivity index (χ3n) is 1.32. The van der Waals surface area contributed by atoms with E-state index in [1.165, 1.54) is 6.08 Å². The number of carbonyl (C=O) groups is 1. The summed E-state index contributed by atoms with van der Waals surface area (Å²) in [6.45, 7) is 3.41. The minimum absolute atomic E-state index is 0.0579. The van der Waals surface area contributed by atoms with Crippen LogP contribution in [-0.2, 0) is 0 Å². The van der Waals surface area contributed by atoms with E-state index in [0.717, 1.165) is 4.47 Å². The molecule has 0 bridgehead atoms. The summed E-state index contributed by atoms with van der Waals surface area (Å²) < 4.78 is 0.810. The lowest BCUT2D eigenvalue weighted by Gasteiger charge is -1.96. The lowest BCUT2D eigenvalue weighted by molar-refractivity contribution is 0.104.